The minimum Gasteiger partial charge on any atom is -0.378 e. The summed E-state index contributed by atoms with van der Waals surface area (Å²) >= 11 is 1.43. The number of nitrogens with zero attached hydrogens (tertiary/aromatic N) is 3. The van der Waals surface area contributed by atoms with Crippen molar-refractivity contribution in [1.82, 2.24) is 15.1 Å². The van der Waals surface area contributed by atoms with Crippen LogP contribution in [0.4, 0.5) is 0 Å². The van der Waals surface area contributed by atoms with Gasteiger partial charge in [-0.15, -0.1) is 10.2 Å². The van der Waals surface area contributed by atoms with Gasteiger partial charge in [0.25, 0.3) is 0 Å². The Labute approximate surface area is 146 Å². The number of hydrogen-bond acceptors (Lipinski definition) is 5. The zero-order valence-electron chi connectivity index (χ0n) is 13.8. The minimum atomic E-state index is 0.129. The van der Waals surface area contributed by atoms with E-state index in [0.29, 0.717) is 32.1 Å². The lowest BCUT2D eigenvalue weighted by Crippen LogP contribution is -2.41. The van der Waals surface area contributed by atoms with E-state index < -0.39 is 0 Å². The highest BCUT2D eigenvalue weighted by atomic mass is 32.2. The number of aryl methyl sites for hydroxylation is 1. The quantitative estimate of drug-likeness (QED) is 0.781. The lowest BCUT2D eigenvalue weighted by Gasteiger charge is -2.26. The molecule has 0 spiro atoms. The SMILES string of the molecule is CCc1ccc(-c2ccc(SCC(=O)N3CCOCC3)nn2)cc1. The molecule has 1 aromatic carbocycles. The Morgan fingerprint density at radius 3 is 2.50 bits per heavy atom. The first-order valence-corrected chi connectivity index (χ1v) is 9.16. The molecule has 6 heteroatoms. The first-order chi connectivity index (χ1) is 11.8. The van der Waals surface area contributed by atoms with Crippen LogP contribution in [0.1, 0.15) is 12.5 Å². The van der Waals surface area contributed by atoms with Gasteiger partial charge in [0.2, 0.25) is 5.91 Å². The maximum atomic E-state index is 12.1. The van der Waals surface area contributed by atoms with E-state index in [0.717, 1.165) is 22.7 Å². The maximum absolute atomic E-state index is 12.1. The predicted molar refractivity (Wildman–Crippen MR) is 95.0 cm³/mol. The number of thioether (sulfide) groups is 1. The number of carbonyl (C=O) groups excluding carboxylic acids is 1. The molecule has 1 fully saturated rings. The normalized spacial score (nSPS) is 14.6. The number of amides is 1. The van der Waals surface area contributed by atoms with Crippen molar-refractivity contribution in [1.29, 1.82) is 0 Å². The topological polar surface area (TPSA) is 55.3 Å². The van der Waals surface area contributed by atoms with E-state index >= 15 is 0 Å². The Morgan fingerprint density at radius 1 is 1.12 bits per heavy atom. The highest BCUT2D eigenvalue weighted by molar-refractivity contribution is 7.99. The van der Waals surface area contributed by atoms with Crippen LogP contribution in [-0.2, 0) is 16.0 Å². The summed E-state index contributed by atoms with van der Waals surface area (Å²) in [6.07, 6.45) is 1.03. The van der Waals surface area contributed by atoms with Crippen molar-refractivity contribution in [3.63, 3.8) is 0 Å². The van der Waals surface area contributed by atoms with E-state index in [1.54, 1.807) is 0 Å². The fourth-order valence-corrected chi connectivity index (χ4v) is 3.22. The molecule has 2 heterocycles. The second-order valence-electron chi connectivity index (χ2n) is 5.59. The van der Waals surface area contributed by atoms with Gasteiger partial charge < -0.3 is 9.64 Å². The lowest BCUT2D eigenvalue weighted by atomic mass is 10.1. The number of morpholine rings is 1. The Hall–Kier alpha value is -1.92. The van der Waals surface area contributed by atoms with Crippen molar-refractivity contribution in [3.8, 4) is 11.3 Å². The third-order valence-electron chi connectivity index (χ3n) is 4.01. The van der Waals surface area contributed by atoms with Crippen LogP contribution < -0.4 is 0 Å². The zero-order valence-corrected chi connectivity index (χ0v) is 14.6. The van der Waals surface area contributed by atoms with Gasteiger partial charge in [-0.25, -0.2) is 0 Å². The molecule has 3 rings (SSSR count). The fourth-order valence-electron chi connectivity index (χ4n) is 2.50. The summed E-state index contributed by atoms with van der Waals surface area (Å²) < 4.78 is 5.26. The Morgan fingerprint density at radius 2 is 1.88 bits per heavy atom. The predicted octanol–water partition coefficient (Wildman–Crippen LogP) is 2.66. The van der Waals surface area contributed by atoms with Gasteiger partial charge >= 0.3 is 0 Å². The van der Waals surface area contributed by atoms with Crippen molar-refractivity contribution in [2.75, 3.05) is 32.1 Å². The molecule has 5 nitrogen and oxygen atoms in total. The van der Waals surface area contributed by atoms with Crippen molar-refractivity contribution in [3.05, 3.63) is 42.0 Å². The molecular formula is C18H21N3O2S. The van der Waals surface area contributed by atoms with Crippen LogP contribution in [0.5, 0.6) is 0 Å². The molecule has 0 atom stereocenters. The molecule has 0 aliphatic carbocycles. The highest BCUT2D eigenvalue weighted by Gasteiger charge is 2.17. The van der Waals surface area contributed by atoms with Gasteiger partial charge in [0, 0.05) is 18.7 Å². The maximum Gasteiger partial charge on any atom is 0.233 e. The molecule has 1 aliphatic rings. The molecule has 24 heavy (non-hydrogen) atoms. The van der Waals surface area contributed by atoms with Crippen LogP contribution in [0.25, 0.3) is 11.3 Å². The number of rotatable bonds is 5. The number of benzene rings is 1. The molecule has 1 aromatic heterocycles. The first kappa shape index (κ1) is 16.9. The van der Waals surface area contributed by atoms with Crippen molar-refractivity contribution >= 4 is 17.7 Å². The third kappa shape index (κ3) is 4.33. The summed E-state index contributed by atoms with van der Waals surface area (Å²) in [7, 11) is 0. The van der Waals surface area contributed by atoms with E-state index in [4.69, 9.17) is 4.74 Å². The molecule has 1 saturated heterocycles. The zero-order chi connectivity index (χ0) is 16.8. The smallest absolute Gasteiger partial charge is 0.233 e. The van der Waals surface area contributed by atoms with Crippen LogP contribution in [0, 0.1) is 0 Å². The average molecular weight is 343 g/mol. The van der Waals surface area contributed by atoms with E-state index in [2.05, 4.69) is 41.4 Å². The summed E-state index contributed by atoms with van der Waals surface area (Å²) in [5, 5.41) is 9.28. The van der Waals surface area contributed by atoms with Gasteiger partial charge in [-0.2, -0.15) is 0 Å². The number of ether oxygens (including phenoxy) is 1. The van der Waals surface area contributed by atoms with Crippen molar-refractivity contribution in [2.45, 2.75) is 18.4 Å². The summed E-state index contributed by atoms with van der Waals surface area (Å²) in [4.78, 5) is 14.0. The molecule has 126 valence electrons. The van der Waals surface area contributed by atoms with E-state index in [-0.39, 0.29) is 5.91 Å². The van der Waals surface area contributed by atoms with Crippen LogP contribution in [0.3, 0.4) is 0 Å². The fraction of sp³-hybridized carbons (Fsp3) is 0.389. The molecule has 0 saturated carbocycles. The van der Waals surface area contributed by atoms with Crippen molar-refractivity contribution in [2.24, 2.45) is 0 Å². The van der Waals surface area contributed by atoms with E-state index in [9.17, 15) is 4.79 Å². The molecule has 0 N–H and O–H groups in total. The highest BCUT2D eigenvalue weighted by Crippen LogP contribution is 2.20. The van der Waals surface area contributed by atoms with Gasteiger partial charge in [0.15, 0.2) is 0 Å². The van der Waals surface area contributed by atoms with Crippen LogP contribution in [0.15, 0.2) is 41.4 Å². The van der Waals surface area contributed by atoms with Crippen molar-refractivity contribution < 1.29 is 9.53 Å². The van der Waals surface area contributed by atoms with Gasteiger partial charge in [-0.05, 0) is 24.1 Å². The summed E-state index contributed by atoms with van der Waals surface area (Å²) in [5.41, 5.74) is 3.21. The summed E-state index contributed by atoms with van der Waals surface area (Å²) in [6.45, 7) is 4.75. The summed E-state index contributed by atoms with van der Waals surface area (Å²) in [5.74, 6) is 0.517. The summed E-state index contributed by atoms with van der Waals surface area (Å²) in [6, 6.07) is 12.2. The van der Waals surface area contributed by atoms with Gasteiger partial charge in [-0.1, -0.05) is 43.0 Å². The molecule has 2 aromatic rings. The largest absolute Gasteiger partial charge is 0.378 e. The van der Waals surface area contributed by atoms with Crippen LogP contribution >= 0.6 is 11.8 Å². The minimum absolute atomic E-state index is 0.129. The Kier molecular flexibility index (Phi) is 5.82. The average Bonchev–Trinajstić information content (AvgIpc) is 2.67. The molecule has 0 bridgehead atoms. The van der Waals surface area contributed by atoms with Crippen LogP contribution in [-0.4, -0.2) is 53.1 Å². The van der Waals surface area contributed by atoms with E-state index in [1.165, 1.54) is 17.3 Å². The Bertz CT molecular complexity index is 668. The molecule has 1 amide bonds. The molecule has 1 aliphatic heterocycles. The van der Waals surface area contributed by atoms with Gasteiger partial charge in [0.1, 0.15) is 5.03 Å². The molecular weight excluding hydrogens is 322 g/mol. The van der Waals surface area contributed by atoms with Gasteiger partial charge in [0.05, 0.1) is 24.7 Å². The molecule has 0 unspecified atom stereocenters. The second kappa shape index (κ2) is 8.26. The number of hydrogen-bond donors (Lipinski definition) is 0. The number of carbonyl (C=O) groups is 1. The van der Waals surface area contributed by atoms with Crippen LogP contribution in [0.2, 0.25) is 0 Å². The number of aromatic nitrogens is 2. The molecule has 0 radical (unpaired) electrons. The monoisotopic (exact) mass is 343 g/mol. The second-order valence-corrected chi connectivity index (χ2v) is 6.58. The van der Waals surface area contributed by atoms with Gasteiger partial charge in [-0.3, -0.25) is 4.79 Å². The first-order valence-electron chi connectivity index (χ1n) is 8.17. The lowest BCUT2D eigenvalue weighted by molar-refractivity contribution is -0.132. The Balaban J connectivity index is 1.56. The standard InChI is InChI=1S/C18H21N3O2S/c1-2-14-3-5-15(6-4-14)16-7-8-17(20-19-16)24-13-18(22)21-9-11-23-12-10-21/h3-8H,2,9-13H2,1H3. The van der Waals surface area contributed by atoms with E-state index in [1.807, 2.05) is 17.0 Å². The third-order valence-corrected chi connectivity index (χ3v) is 4.91.